The van der Waals surface area contributed by atoms with Crippen molar-refractivity contribution < 1.29 is 14.3 Å². The molecule has 0 bridgehead atoms. The van der Waals surface area contributed by atoms with Gasteiger partial charge in [-0.3, -0.25) is 0 Å². The van der Waals surface area contributed by atoms with E-state index in [1.54, 1.807) is 6.08 Å². The summed E-state index contributed by atoms with van der Waals surface area (Å²) in [4.78, 5) is 16.9. The summed E-state index contributed by atoms with van der Waals surface area (Å²) < 4.78 is 11.5. The Morgan fingerprint density at radius 2 is 1.63 bits per heavy atom. The first-order chi connectivity index (χ1) is 16.9. The largest absolute Gasteiger partial charge is 0.489 e. The quantitative estimate of drug-likeness (QED) is 0.236. The molecule has 174 valence electrons. The Morgan fingerprint density at radius 3 is 2.43 bits per heavy atom. The molecule has 0 unspecified atom stereocenters. The lowest BCUT2D eigenvalue weighted by molar-refractivity contribution is -0.129. The summed E-state index contributed by atoms with van der Waals surface area (Å²) in [7, 11) is 0. The second-order valence-corrected chi connectivity index (χ2v) is 9.66. The van der Waals surface area contributed by atoms with Gasteiger partial charge in [0.15, 0.2) is 5.70 Å². The highest BCUT2D eigenvalue weighted by molar-refractivity contribution is 6.12. The van der Waals surface area contributed by atoms with E-state index in [9.17, 15) is 4.79 Å². The van der Waals surface area contributed by atoms with E-state index in [0.717, 1.165) is 22.4 Å². The van der Waals surface area contributed by atoms with Crippen LogP contribution in [0.15, 0.2) is 102 Å². The first-order valence-electron chi connectivity index (χ1n) is 11.7. The van der Waals surface area contributed by atoms with Crippen LogP contribution in [0.2, 0.25) is 0 Å². The molecule has 0 atom stereocenters. The second kappa shape index (κ2) is 9.22. The van der Waals surface area contributed by atoms with Crippen LogP contribution in [-0.2, 0) is 21.6 Å². The minimum atomic E-state index is -0.457. The minimum Gasteiger partial charge on any atom is -0.489 e. The summed E-state index contributed by atoms with van der Waals surface area (Å²) >= 11 is 0. The summed E-state index contributed by atoms with van der Waals surface area (Å²) in [5, 5.41) is 2.37. The third-order valence-electron chi connectivity index (χ3n) is 6.05. The molecule has 0 fully saturated rings. The van der Waals surface area contributed by atoms with E-state index in [0.29, 0.717) is 12.5 Å². The molecule has 35 heavy (non-hydrogen) atoms. The zero-order valence-electron chi connectivity index (χ0n) is 20.1. The fourth-order valence-corrected chi connectivity index (χ4v) is 4.08. The summed E-state index contributed by atoms with van der Waals surface area (Å²) in [5.41, 5.74) is 4.26. The van der Waals surface area contributed by atoms with Crippen LogP contribution in [0.4, 0.5) is 0 Å². The highest BCUT2D eigenvalue weighted by Crippen LogP contribution is 2.26. The number of hydrogen-bond donors (Lipinski definition) is 0. The van der Waals surface area contributed by atoms with Gasteiger partial charge in [-0.1, -0.05) is 87.5 Å². The molecule has 0 radical (unpaired) electrons. The van der Waals surface area contributed by atoms with E-state index in [4.69, 9.17) is 9.47 Å². The molecule has 0 aliphatic carbocycles. The van der Waals surface area contributed by atoms with Gasteiger partial charge in [0.05, 0.1) is 0 Å². The number of nitrogens with zero attached hydrogens (tertiary/aromatic N) is 1. The molecule has 4 nitrogen and oxygen atoms in total. The van der Waals surface area contributed by atoms with E-state index in [-0.39, 0.29) is 11.1 Å². The van der Waals surface area contributed by atoms with Crippen LogP contribution >= 0.6 is 0 Å². The van der Waals surface area contributed by atoms with Crippen LogP contribution in [0.3, 0.4) is 0 Å². The van der Waals surface area contributed by atoms with Gasteiger partial charge in [-0.2, -0.15) is 0 Å². The lowest BCUT2D eigenvalue weighted by Crippen LogP contribution is -2.11. The van der Waals surface area contributed by atoms with Crippen LogP contribution < -0.4 is 4.74 Å². The molecule has 0 amide bonds. The Bertz CT molecular complexity index is 1450. The van der Waals surface area contributed by atoms with Gasteiger partial charge in [0.1, 0.15) is 12.4 Å². The first-order valence-corrected chi connectivity index (χ1v) is 11.7. The highest BCUT2D eigenvalue weighted by atomic mass is 16.6. The van der Waals surface area contributed by atoms with E-state index in [1.807, 2.05) is 66.7 Å². The molecule has 4 aromatic carbocycles. The molecule has 0 aromatic heterocycles. The van der Waals surface area contributed by atoms with Gasteiger partial charge in [-0.15, -0.1) is 0 Å². The number of hydrogen-bond acceptors (Lipinski definition) is 4. The molecule has 4 heteroatoms. The molecule has 5 rings (SSSR count). The van der Waals surface area contributed by atoms with Crippen molar-refractivity contribution >= 4 is 28.7 Å². The lowest BCUT2D eigenvalue weighted by atomic mass is 9.87. The van der Waals surface area contributed by atoms with Crippen molar-refractivity contribution in [2.75, 3.05) is 0 Å². The smallest absolute Gasteiger partial charge is 0.363 e. The van der Waals surface area contributed by atoms with Crippen molar-refractivity contribution in [3.05, 3.63) is 119 Å². The van der Waals surface area contributed by atoms with Gasteiger partial charge in [0.2, 0.25) is 5.90 Å². The van der Waals surface area contributed by atoms with Crippen LogP contribution in [0.25, 0.3) is 16.8 Å². The van der Waals surface area contributed by atoms with Crippen LogP contribution in [0.1, 0.15) is 43.0 Å². The molecule has 0 N–H and O–H groups in total. The lowest BCUT2D eigenvalue weighted by Gasteiger charge is -2.18. The standard InChI is InChI=1S/C31H27NO3/c1-31(2,3)25-16-14-23(15-17-25)29-32-28(30(33)35-29)19-21-8-6-12-26(18-21)34-20-24-11-7-10-22-9-4-5-13-27(22)24/h4-19H,20H2,1-3H3/b28-19-. The van der Waals surface area contributed by atoms with Gasteiger partial charge >= 0.3 is 5.97 Å². The molecule has 0 spiro atoms. The predicted octanol–water partition coefficient (Wildman–Crippen LogP) is 7.06. The number of ether oxygens (including phenoxy) is 2. The van der Waals surface area contributed by atoms with Crippen molar-refractivity contribution in [3.63, 3.8) is 0 Å². The summed E-state index contributed by atoms with van der Waals surface area (Å²) in [6, 6.07) is 30.1. The molecule has 0 saturated heterocycles. The van der Waals surface area contributed by atoms with Crippen LogP contribution in [0.5, 0.6) is 5.75 Å². The normalized spacial score (nSPS) is 14.8. The predicted molar refractivity (Wildman–Crippen MR) is 140 cm³/mol. The summed E-state index contributed by atoms with van der Waals surface area (Å²) in [6.45, 7) is 6.94. The number of aliphatic imine (C=N–C) groups is 1. The molecular formula is C31H27NO3. The molecule has 0 saturated carbocycles. The van der Waals surface area contributed by atoms with Crippen LogP contribution in [-0.4, -0.2) is 11.9 Å². The molecule has 1 heterocycles. The molecule has 4 aromatic rings. The number of carbonyl (C=O) groups excluding carboxylic acids is 1. The average molecular weight is 462 g/mol. The molecule has 1 aliphatic heterocycles. The number of esters is 1. The highest BCUT2D eigenvalue weighted by Gasteiger charge is 2.24. The van der Waals surface area contributed by atoms with E-state index in [2.05, 4.69) is 50.0 Å². The number of fused-ring (bicyclic) bond motifs is 1. The van der Waals surface area contributed by atoms with Crippen molar-refractivity contribution in [3.8, 4) is 5.75 Å². The third kappa shape index (κ3) is 5.02. The first kappa shape index (κ1) is 22.6. The maximum atomic E-state index is 12.5. The van der Waals surface area contributed by atoms with E-state index < -0.39 is 5.97 Å². The number of rotatable bonds is 5. The Balaban J connectivity index is 1.33. The van der Waals surface area contributed by atoms with Gasteiger partial charge in [0, 0.05) is 5.56 Å². The fraction of sp³-hybridized carbons (Fsp3) is 0.161. The fourth-order valence-electron chi connectivity index (χ4n) is 4.08. The summed E-state index contributed by atoms with van der Waals surface area (Å²) in [5.74, 6) is 0.590. The van der Waals surface area contributed by atoms with Gasteiger partial charge in [0.25, 0.3) is 0 Å². The Hall–Kier alpha value is -4.18. The van der Waals surface area contributed by atoms with Crippen molar-refractivity contribution in [1.82, 2.24) is 0 Å². The van der Waals surface area contributed by atoms with Crippen LogP contribution in [0, 0.1) is 0 Å². The average Bonchev–Trinajstić information content (AvgIpc) is 3.22. The Kier molecular flexibility index (Phi) is 5.96. The maximum absolute atomic E-state index is 12.5. The Labute approximate surface area is 205 Å². The van der Waals surface area contributed by atoms with Crippen molar-refractivity contribution in [2.24, 2.45) is 4.99 Å². The molecule has 1 aliphatic rings. The molecular weight excluding hydrogens is 434 g/mol. The number of carbonyl (C=O) groups is 1. The third-order valence-corrected chi connectivity index (χ3v) is 6.05. The topological polar surface area (TPSA) is 47.9 Å². The van der Waals surface area contributed by atoms with Crippen molar-refractivity contribution in [1.29, 1.82) is 0 Å². The van der Waals surface area contributed by atoms with E-state index in [1.165, 1.54) is 16.3 Å². The SMILES string of the molecule is CC(C)(C)c1ccc(C2=N/C(=C\c3cccc(OCc4cccc5ccccc45)c3)C(=O)O2)cc1. The summed E-state index contributed by atoms with van der Waals surface area (Å²) in [6.07, 6.45) is 1.73. The zero-order valence-corrected chi connectivity index (χ0v) is 20.1. The van der Waals surface area contributed by atoms with E-state index >= 15 is 0 Å². The second-order valence-electron chi connectivity index (χ2n) is 9.66. The number of cyclic esters (lactones) is 1. The number of benzene rings is 4. The zero-order chi connectivity index (χ0) is 24.4. The van der Waals surface area contributed by atoms with Gasteiger partial charge in [-0.25, -0.2) is 9.79 Å². The maximum Gasteiger partial charge on any atom is 0.363 e. The monoisotopic (exact) mass is 461 g/mol. The van der Waals surface area contributed by atoms with Crippen molar-refractivity contribution in [2.45, 2.75) is 32.8 Å². The van der Waals surface area contributed by atoms with Gasteiger partial charge < -0.3 is 9.47 Å². The minimum absolute atomic E-state index is 0.0540. The Morgan fingerprint density at radius 1 is 0.886 bits per heavy atom. The van der Waals surface area contributed by atoms with Gasteiger partial charge in [-0.05, 0) is 63.2 Å².